The van der Waals surface area contributed by atoms with Crippen molar-refractivity contribution in [1.29, 1.82) is 0 Å². The molecule has 1 heterocycles. The zero-order chi connectivity index (χ0) is 35.5. The highest BCUT2D eigenvalue weighted by molar-refractivity contribution is 7.25. The van der Waals surface area contributed by atoms with Crippen LogP contribution in [0.4, 0.5) is 17.1 Å². The standard InChI is InChI=1S/C51H37NS/c1-51(2)47-32-39(38-22-30-50-46(31-38)45-15-9-10-16-49(45)53-50)21-28-43(47)44-29-27-42(33-48(44)51)52(40-23-17-36(18-24-40)34-11-5-3-6-12-34)41-25-19-37(20-26-41)35-13-7-4-8-14-35/h3-33H,1-2H3. The van der Waals surface area contributed by atoms with Gasteiger partial charge in [-0.3, -0.25) is 0 Å². The second kappa shape index (κ2) is 12.5. The van der Waals surface area contributed by atoms with Crippen molar-refractivity contribution in [2.45, 2.75) is 19.3 Å². The molecule has 0 fully saturated rings. The molecule has 1 nitrogen and oxygen atoms in total. The zero-order valence-corrected chi connectivity index (χ0v) is 30.6. The zero-order valence-electron chi connectivity index (χ0n) is 29.8. The summed E-state index contributed by atoms with van der Waals surface area (Å²) in [7, 11) is 0. The average molecular weight is 696 g/mol. The first kappa shape index (κ1) is 31.5. The Labute approximate surface area is 315 Å². The van der Waals surface area contributed by atoms with Crippen molar-refractivity contribution in [3.63, 3.8) is 0 Å². The number of nitrogens with zero attached hydrogens (tertiary/aromatic N) is 1. The molecule has 252 valence electrons. The molecule has 0 N–H and O–H groups in total. The predicted molar refractivity (Wildman–Crippen MR) is 228 cm³/mol. The summed E-state index contributed by atoms with van der Waals surface area (Å²) >= 11 is 1.87. The van der Waals surface area contributed by atoms with Crippen LogP contribution in [0.2, 0.25) is 0 Å². The molecular weight excluding hydrogens is 659 g/mol. The third-order valence-corrected chi connectivity index (χ3v) is 12.2. The Kier molecular flexibility index (Phi) is 7.42. The molecule has 0 atom stereocenters. The van der Waals surface area contributed by atoms with E-state index in [1.165, 1.54) is 75.8 Å². The van der Waals surface area contributed by atoms with Crippen LogP contribution < -0.4 is 4.90 Å². The monoisotopic (exact) mass is 695 g/mol. The molecule has 0 spiro atoms. The molecule has 0 aliphatic heterocycles. The highest BCUT2D eigenvalue weighted by Gasteiger charge is 2.36. The number of anilines is 3. The molecule has 8 aromatic carbocycles. The molecule has 1 aliphatic carbocycles. The molecule has 10 rings (SSSR count). The van der Waals surface area contributed by atoms with Gasteiger partial charge in [-0.15, -0.1) is 11.3 Å². The molecular formula is C51H37NS. The Balaban J connectivity index is 1.05. The van der Waals surface area contributed by atoms with E-state index in [0.29, 0.717) is 0 Å². The molecule has 0 amide bonds. The summed E-state index contributed by atoms with van der Waals surface area (Å²) in [6.45, 7) is 4.77. The summed E-state index contributed by atoms with van der Waals surface area (Å²) in [6.07, 6.45) is 0. The Hall–Kier alpha value is -6.22. The van der Waals surface area contributed by atoms with Crippen LogP contribution in [-0.4, -0.2) is 0 Å². The van der Waals surface area contributed by atoms with Crippen LogP contribution in [0.25, 0.3) is 64.7 Å². The maximum Gasteiger partial charge on any atom is 0.0465 e. The molecule has 0 unspecified atom stereocenters. The number of fused-ring (bicyclic) bond motifs is 6. The van der Waals surface area contributed by atoms with Gasteiger partial charge in [0.25, 0.3) is 0 Å². The van der Waals surface area contributed by atoms with Crippen molar-refractivity contribution in [2.75, 3.05) is 4.90 Å². The second-order valence-electron chi connectivity index (χ2n) is 14.6. The van der Waals surface area contributed by atoms with Crippen LogP contribution in [0.3, 0.4) is 0 Å². The van der Waals surface area contributed by atoms with Crippen LogP contribution in [0, 0.1) is 0 Å². The van der Waals surface area contributed by atoms with Crippen LogP contribution in [0.1, 0.15) is 25.0 Å². The fourth-order valence-corrected chi connectivity index (χ4v) is 9.35. The lowest BCUT2D eigenvalue weighted by Crippen LogP contribution is -2.16. The fourth-order valence-electron chi connectivity index (χ4n) is 8.26. The lowest BCUT2D eigenvalue weighted by molar-refractivity contribution is 0.660. The van der Waals surface area contributed by atoms with E-state index in [1.807, 2.05) is 11.3 Å². The van der Waals surface area contributed by atoms with Gasteiger partial charge in [-0.2, -0.15) is 0 Å². The van der Waals surface area contributed by atoms with E-state index in [1.54, 1.807) is 0 Å². The molecule has 0 saturated carbocycles. The molecule has 0 bridgehead atoms. The Morgan fingerprint density at radius 2 is 0.811 bits per heavy atom. The van der Waals surface area contributed by atoms with Crippen molar-refractivity contribution >= 4 is 48.6 Å². The Bertz CT molecular complexity index is 2690. The topological polar surface area (TPSA) is 3.24 Å². The van der Waals surface area contributed by atoms with Crippen LogP contribution >= 0.6 is 11.3 Å². The maximum absolute atomic E-state index is 2.44. The lowest BCUT2D eigenvalue weighted by atomic mass is 9.81. The number of thiophene rings is 1. The van der Waals surface area contributed by atoms with Gasteiger partial charge in [-0.25, -0.2) is 0 Å². The fraction of sp³-hybridized carbons (Fsp3) is 0.0588. The molecule has 0 saturated heterocycles. The van der Waals surface area contributed by atoms with Gasteiger partial charge in [-0.1, -0.05) is 141 Å². The molecule has 53 heavy (non-hydrogen) atoms. The number of hydrogen-bond acceptors (Lipinski definition) is 2. The van der Waals surface area contributed by atoms with Gasteiger partial charge >= 0.3 is 0 Å². The highest BCUT2D eigenvalue weighted by Crippen LogP contribution is 2.52. The molecule has 9 aromatic rings. The maximum atomic E-state index is 2.44. The van der Waals surface area contributed by atoms with E-state index in [9.17, 15) is 0 Å². The minimum atomic E-state index is -0.171. The van der Waals surface area contributed by atoms with Crippen LogP contribution in [0.5, 0.6) is 0 Å². The van der Waals surface area contributed by atoms with Crippen LogP contribution in [0.15, 0.2) is 188 Å². The van der Waals surface area contributed by atoms with Crippen molar-refractivity contribution in [2.24, 2.45) is 0 Å². The molecule has 2 heteroatoms. The largest absolute Gasteiger partial charge is 0.310 e. The summed E-state index contributed by atoms with van der Waals surface area (Å²) < 4.78 is 2.68. The van der Waals surface area contributed by atoms with E-state index in [0.717, 1.165) is 17.1 Å². The number of benzene rings is 8. The lowest BCUT2D eigenvalue weighted by Gasteiger charge is -2.28. The van der Waals surface area contributed by atoms with E-state index in [2.05, 4.69) is 207 Å². The normalized spacial score (nSPS) is 12.9. The van der Waals surface area contributed by atoms with Gasteiger partial charge in [0.2, 0.25) is 0 Å². The quantitative estimate of drug-likeness (QED) is 0.167. The minimum Gasteiger partial charge on any atom is -0.310 e. The smallest absolute Gasteiger partial charge is 0.0465 e. The summed E-state index contributed by atoms with van der Waals surface area (Å²) in [5.74, 6) is 0. The Morgan fingerprint density at radius 3 is 1.45 bits per heavy atom. The SMILES string of the molecule is CC1(C)c2cc(-c3ccc4sc5ccccc5c4c3)ccc2-c2ccc(N(c3ccc(-c4ccccc4)cc3)c3ccc(-c4ccccc4)cc3)cc21. The molecule has 1 aromatic heterocycles. The van der Waals surface area contributed by atoms with Crippen molar-refractivity contribution in [3.05, 3.63) is 199 Å². The van der Waals surface area contributed by atoms with E-state index < -0.39 is 0 Å². The third-order valence-electron chi connectivity index (χ3n) is 11.1. The Morgan fingerprint density at radius 1 is 0.358 bits per heavy atom. The number of rotatable bonds is 6. The van der Waals surface area contributed by atoms with E-state index in [-0.39, 0.29) is 5.41 Å². The first-order valence-electron chi connectivity index (χ1n) is 18.3. The van der Waals surface area contributed by atoms with Gasteiger partial charge in [0.1, 0.15) is 0 Å². The van der Waals surface area contributed by atoms with Gasteiger partial charge in [0.15, 0.2) is 0 Å². The third kappa shape index (κ3) is 5.37. The second-order valence-corrected chi connectivity index (χ2v) is 15.7. The van der Waals surface area contributed by atoms with E-state index in [4.69, 9.17) is 0 Å². The van der Waals surface area contributed by atoms with Gasteiger partial charge in [0.05, 0.1) is 0 Å². The van der Waals surface area contributed by atoms with Gasteiger partial charge in [0, 0.05) is 42.6 Å². The highest BCUT2D eigenvalue weighted by atomic mass is 32.1. The number of hydrogen-bond donors (Lipinski definition) is 0. The first-order chi connectivity index (χ1) is 26.0. The van der Waals surface area contributed by atoms with Crippen molar-refractivity contribution in [3.8, 4) is 44.5 Å². The van der Waals surface area contributed by atoms with E-state index >= 15 is 0 Å². The summed E-state index contributed by atoms with van der Waals surface area (Å²) in [5.41, 5.74) is 16.0. The van der Waals surface area contributed by atoms with Crippen LogP contribution in [-0.2, 0) is 5.41 Å². The minimum absolute atomic E-state index is 0.171. The summed E-state index contributed by atoms with van der Waals surface area (Å²) in [5, 5.41) is 2.68. The first-order valence-corrected chi connectivity index (χ1v) is 19.2. The molecule has 1 aliphatic rings. The van der Waals surface area contributed by atoms with Crippen molar-refractivity contribution < 1.29 is 0 Å². The molecule has 0 radical (unpaired) electrons. The van der Waals surface area contributed by atoms with Gasteiger partial charge in [-0.05, 0) is 116 Å². The summed E-state index contributed by atoms with van der Waals surface area (Å²) in [4.78, 5) is 2.40. The average Bonchev–Trinajstić information content (AvgIpc) is 3.70. The summed E-state index contributed by atoms with van der Waals surface area (Å²) in [6, 6.07) is 69.0. The van der Waals surface area contributed by atoms with Gasteiger partial charge < -0.3 is 4.90 Å². The predicted octanol–water partition coefficient (Wildman–Crippen LogP) is 14.8. The van der Waals surface area contributed by atoms with Crippen molar-refractivity contribution in [1.82, 2.24) is 0 Å².